The number of hydrogen-bond acceptors (Lipinski definition) is 4. The minimum atomic E-state index is -0.563. The molecule has 33 heavy (non-hydrogen) atoms. The Morgan fingerprint density at radius 3 is 2.73 bits per heavy atom. The summed E-state index contributed by atoms with van der Waals surface area (Å²) in [5.41, 5.74) is 1.98. The van der Waals surface area contributed by atoms with Crippen molar-refractivity contribution in [3.05, 3.63) is 75.0 Å². The Bertz CT molecular complexity index is 1170. The van der Waals surface area contributed by atoms with Gasteiger partial charge in [-0.15, -0.1) is 0 Å². The standard InChI is InChI=1S/C24H21Cl2F2N3O2/c25-19-10-14(4-5-20(19)27)21-12-30-8-9-31(11-15(30)13-33-21)24(32)18-3-1-2-16(22(18)26)17-6-7-29-23(17)28/h1-6,10,15,21H,7-9,11-13H2/t15-,21+/m0/s1. The first-order chi connectivity index (χ1) is 15.9. The summed E-state index contributed by atoms with van der Waals surface area (Å²) in [7, 11) is 0. The van der Waals surface area contributed by atoms with Crippen LogP contribution < -0.4 is 0 Å². The summed E-state index contributed by atoms with van der Waals surface area (Å²) in [6, 6.07) is 9.74. The average molecular weight is 492 g/mol. The zero-order chi connectivity index (χ0) is 23.1. The first-order valence-corrected chi connectivity index (χ1v) is 11.5. The number of nitrogens with zero attached hydrogens (tertiary/aromatic N) is 3. The average Bonchev–Trinajstić information content (AvgIpc) is 3.25. The number of aliphatic imine (C=N–C) groups is 1. The lowest BCUT2D eigenvalue weighted by molar-refractivity contribution is -0.0858. The molecule has 3 heterocycles. The third-order valence-corrected chi connectivity index (χ3v) is 7.06. The van der Waals surface area contributed by atoms with E-state index in [1.54, 1.807) is 41.3 Å². The van der Waals surface area contributed by atoms with Crippen LogP contribution >= 0.6 is 23.2 Å². The molecule has 5 nitrogen and oxygen atoms in total. The summed E-state index contributed by atoms with van der Waals surface area (Å²) in [6.45, 7) is 3.04. The third-order valence-electron chi connectivity index (χ3n) is 6.36. The Hall–Kier alpha value is -2.32. The Labute approximate surface area is 200 Å². The first kappa shape index (κ1) is 22.5. The fourth-order valence-electron chi connectivity index (χ4n) is 4.57. The molecule has 2 saturated heterocycles. The van der Waals surface area contributed by atoms with Gasteiger partial charge >= 0.3 is 0 Å². The zero-order valence-corrected chi connectivity index (χ0v) is 19.1. The second kappa shape index (κ2) is 9.14. The minimum Gasteiger partial charge on any atom is -0.370 e. The van der Waals surface area contributed by atoms with Crippen LogP contribution in [0.5, 0.6) is 0 Å². The number of morpholine rings is 1. The predicted molar refractivity (Wildman–Crippen MR) is 124 cm³/mol. The third kappa shape index (κ3) is 4.30. The van der Waals surface area contributed by atoms with Gasteiger partial charge in [-0.3, -0.25) is 14.7 Å². The molecule has 9 heteroatoms. The van der Waals surface area contributed by atoms with Crippen molar-refractivity contribution in [2.24, 2.45) is 4.99 Å². The van der Waals surface area contributed by atoms with Crippen LogP contribution in [0, 0.1) is 5.82 Å². The highest BCUT2D eigenvalue weighted by atomic mass is 35.5. The van der Waals surface area contributed by atoms with E-state index in [1.165, 1.54) is 6.07 Å². The first-order valence-electron chi connectivity index (χ1n) is 10.7. The smallest absolute Gasteiger partial charge is 0.255 e. The molecule has 1 amide bonds. The largest absolute Gasteiger partial charge is 0.370 e. The number of benzene rings is 2. The number of halogens is 4. The van der Waals surface area contributed by atoms with Crippen LogP contribution in [-0.2, 0) is 4.74 Å². The van der Waals surface area contributed by atoms with Crippen molar-refractivity contribution in [2.45, 2.75) is 12.1 Å². The maximum atomic E-state index is 14.0. The summed E-state index contributed by atoms with van der Waals surface area (Å²) in [5.74, 6) is -1.21. The van der Waals surface area contributed by atoms with Crippen molar-refractivity contribution >= 4 is 40.6 Å². The van der Waals surface area contributed by atoms with Gasteiger partial charge in [0.15, 0.2) is 0 Å². The van der Waals surface area contributed by atoms with Crippen LogP contribution in [0.1, 0.15) is 27.6 Å². The number of allylic oxidation sites excluding steroid dienone is 1. The topological polar surface area (TPSA) is 45.1 Å². The van der Waals surface area contributed by atoms with Crippen molar-refractivity contribution < 1.29 is 18.3 Å². The van der Waals surface area contributed by atoms with Gasteiger partial charge in [0.25, 0.3) is 5.91 Å². The number of carbonyl (C=O) groups excluding carboxylic acids is 1. The second-order valence-electron chi connectivity index (χ2n) is 8.31. The van der Waals surface area contributed by atoms with E-state index in [2.05, 4.69) is 9.89 Å². The van der Waals surface area contributed by atoms with Gasteiger partial charge in [0.1, 0.15) is 5.82 Å². The molecule has 2 atom stereocenters. The van der Waals surface area contributed by atoms with Gasteiger partial charge in [-0.1, -0.05) is 47.5 Å². The van der Waals surface area contributed by atoms with E-state index < -0.39 is 11.8 Å². The number of ether oxygens (including phenoxy) is 1. The number of hydrogen-bond donors (Lipinski definition) is 0. The SMILES string of the molecule is O=C(c1cccc(C2=CCN=C2F)c1Cl)N1CCN2C[C@H](c3ccc(F)c(Cl)c3)OC[C@@H]2C1. The summed E-state index contributed by atoms with van der Waals surface area (Å²) in [5, 5.41) is 0.309. The van der Waals surface area contributed by atoms with Gasteiger partial charge in [0.05, 0.1) is 40.9 Å². The maximum absolute atomic E-state index is 14.0. The van der Waals surface area contributed by atoms with Crippen molar-refractivity contribution in [2.75, 3.05) is 39.3 Å². The number of carbonyl (C=O) groups is 1. The van der Waals surface area contributed by atoms with E-state index in [9.17, 15) is 13.6 Å². The fraction of sp³-hybridized carbons (Fsp3) is 0.333. The summed E-state index contributed by atoms with van der Waals surface area (Å²) in [6.07, 6.45) is 1.46. The Morgan fingerprint density at radius 2 is 1.97 bits per heavy atom. The second-order valence-corrected chi connectivity index (χ2v) is 9.10. The van der Waals surface area contributed by atoms with Crippen molar-refractivity contribution in [1.29, 1.82) is 0 Å². The monoisotopic (exact) mass is 491 g/mol. The molecule has 0 N–H and O–H groups in total. The van der Waals surface area contributed by atoms with Crippen LogP contribution in [0.25, 0.3) is 5.57 Å². The number of amides is 1. The Morgan fingerprint density at radius 1 is 1.12 bits per heavy atom. The normalized spacial score (nSPS) is 23.2. The Balaban J connectivity index is 1.28. The molecule has 0 bridgehead atoms. The van der Waals surface area contributed by atoms with E-state index in [4.69, 9.17) is 27.9 Å². The highest BCUT2D eigenvalue weighted by Gasteiger charge is 2.36. The quantitative estimate of drug-likeness (QED) is 0.619. The minimum absolute atomic E-state index is 0.0407. The zero-order valence-electron chi connectivity index (χ0n) is 17.6. The van der Waals surface area contributed by atoms with E-state index >= 15 is 0 Å². The maximum Gasteiger partial charge on any atom is 0.255 e. The van der Waals surface area contributed by atoms with E-state index in [1.807, 2.05) is 0 Å². The molecular weight excluding hydrogens is 471 g/mol. The molecule has 0 aromatic heterocycles. The van der Waals surface area contributed by atoms with Crippen LogP contribution in [-0.4, -0.2) is 67.0 Å². The van der Waals surface area contributed by atoms with Gasteiger partial charge in [0, 0.05) is 37.3 Å². The molecule has 2 fully saturated rings. The summed E-state index contributed by atoms with van der Waals surface area (Å²) < 4.78 is 33.5. The van der Waals surface area contributed by atoms with Crippen LogP contribution in [0.3, 0.4) is 0 Å². The van der Waals surface area contributed by atoms with Crippen LogP contribution in [0.4, 0.5) is 8.78 Å². The molecular formula is C24H21Cl2F2N3O2. The highest BCUT2D eigenvalue weighted by Crippen LogP contribution is 2.33. The highest BCUT2D eigenvalue weighted by molar-refractivity contribution is 6.37. The molecule has 0 saturated carbocycles. The molecule has 2 aromatic carbocycles. The van der Waals surface area contributed by atoms with Crippen molar-refractivity contribution in [1.82, 2.24) is 9.80 Å². The predicted octanol–water partition coefficient (Wildman–Crippen LogP) is 4.80. The molecule has 2 aromatic rings. The van der Waals surface area contributed by atoms with Crippen LogP contribution in [0.2, 0.25) is 10.0 Å². The van der Waals surface area contributed by atoms with E-state index in [0.717, 1.165) is 5.56 Å². The van der Waals surface area contributed by atoms with Crippen LogP contribution in [0.15, 0.2) is 47.5 Å². The lowest BCUT2D eigenvalue weighted by Gasteiger charge is -2.46. The van der Waals surface area contributed by atoms with Gasteiger partial charge in [0.2, 0.25) is 5.97 Å². The van der Waals surface area contributed by atoms with E-state index in [-0.39, 0.29) is 34.6 Å². The molecule has 0 aliphatic carbocycles. The molecule has 0 radical (unpaired) electrons. The summed E-state index contributed by atoms with van der Waals surface area (Å²) >= 11 is 12.5. The lowest BCUT2D eigenvalue weighted by Crippen LogP contribution is -2.59. The number of piperazine rings is 1. The van der Waals surface area contributed by atoms with E-state index in [0.29, 0.717) is 49.5 Å². The molecule has 5 rings (SSSR count). The van der Waals surface area contributed by atoms with Gasteiger partial charge in [-0.05, 0) is 23.8 Å². The number of rotatable bonds is 3. The number of fused-ring (bicyclic) bond motifs is 1. The van der Waals surface area contributed by atoms with Gasteiger partial charge < -0.3 is 9.64 Å². The molecule has 172 valence electrons. The van der Waals surface area contributed by atoms with Gasteiger partial charge in [-0.25, -0.2) is 4.39 Å². The lowest BCUT2D eigenvalue weighted by atomic mass is 10.0. The Kier molecular flexibility index (Phi) is 6.22. The molecule has 3 aliphatic rings. The molecule has 3 aliphatic heterocycles. The van der Waals surface area contributed by atoms with Gasteiger partial charge in [-0.2, -0.15) is 4.39 Å². The molecule has 0 unspecified atom stereocenters. The van der Waals surface area contributed by atoms with Crippen molar-refractivity contribution in [3.63, 3.8) is 0 Å². The molecule has 0 spiro atoms. The fourth-order valence-corrected chi connectivity index (χ4v) is 5.06. The summed E-state index contributed by atoms with van der Waals surface area (Å²) in [4.78, 5) is 21.1. The van der Waals surface area contributed by atoms with Crippen molar-refractivity contribution in [3.8, 4) is 0 Å².